The molecule has 0 bridgehead atoms. The Morgan fingerprint density at radius 3 is 2.04 bits per heavy atom. The van der Waals surface area contributed by atoms with Crippen LogP contribution in [0.5, 0.6) is 11.5 Å². The van der Waals surface area contributed by atoms with E-state index in [0.717, 1.165) is 28.6 Å². The zero-order valence-electron chi connectivity index (χ0n) is 15.1. The largest absolute Gasteiger partial charge is 0.497 e. The Morgan fingerprint density at radius 2 is 1.48 bits per heavy atom. The lowest BCUT2D eigenvalue weighted by molar-refractivity contribution is 0.414. The standard InChI is InChI=1S/C19H25N3O2.HI/c1-14-9-16(11-18(10-14)24-4)13-22-19(20-2)21-12-15-5-7-17(23-3)8-6-15;/h5-11H,12-13H2,1-4H3,(H2,20,21,22);1H. The van der Waals surface area contributed by atoms with E-state index in [1.54, 1.807) is 21.3 Å². The molecule has 5 nitrogen and oxygen atoms in total. The molecule has 2 aromatic rings. The topological polar surface area (TPSA) is 54.9 Å². The predicted octanol–water partition coefficient (Wildman–Crippen LogP) is 3.50. The van der Waals surface area contributed by atoms with Crippen molar-refractivity contribution in [1.82, 2.24) is 10.6 Å². The first-order chi connectivity index (χ1) is 11.6. The summed E-state index contributed by atoms with van der Waals surface area (Å²) in [5, 5.41) is 6.62. The number of aliphatic imine (C=N–C) groups is 1. The molecule has 25 heavy (non-hydrogen) atoms. The second-order valence-corrected chi connectivity index (χ2v) is 5.49. The summed E-state index contributed by atoms with van der Waals surface area (Å²) in [6.07, 6.45) is 0. The summed E-state index contributed by atoms with van der Waals surface area (Å²) in [7, 11) is 5.11. The zero-order valence-corrected chi connectivity index (χ0v) is 17.5. The highest BCUT2D eigenvalue weighted by Gasteiger charge is 2.02. The molecule has 0 amide bonds. The number of halogens is 1. The molecule has 0 aromatic heterocycles. The molecule has 0 heterocycles. The maximum atomic E-state index is 5.31. The Balaban J connectivity index is 0.00000312. The number of hydrogen-bond acceptors (Lipinski definition) is 3. The van der Waals surface area contributed by atoms with Gasteiger partial charge in [-0.25, -0.2) is 0 Å². The molecule has 2 N–H and O–H groups in total. The predicted molar refractivity (Wildman–Crippen MR) is 113 cm³/mol. The van der Waals surface area contributed by atoms with Crippen molar-refractivity contribution in [3.05, 3.63) is 59.2 Å². The average Bonchev–Trinajstić information content (AvgIpc) is 2.61. The highest BCUT2D eigenvalue weighted by Crippen LogP contribution is 2.16. The molecule has 0 saturated heterocycles. The molecule has 0 spiro atoms. The van der Waals surface area contributed by atoms with Crippen LogP contribution in [0, 0.1) is 6.92 Å². The second kappa shape index (κ2) is 10.8. The van der Waals surface area contributed by atoms with Gasteiger partial charge in [0.05, 0.1) is 14.2 Å². The summed E-state index contributed by atoms with van der Waals surface area (Å²) in [5.41, 5.74) is 3.49. The fraction of sp³-hybridized carbons (Fsp3) is 0.316. The van der Waals surface area contributed by atoms with Gasteiger partial charge in [-0.05, 0) is 47.9 Å². The number of guanidine groups is 1. The van der Waals surface area contributed by atoms with E-state index in [-0.39, 0.29) is 24.0 Å². The number of aryl methyl sites for hydroxylation is 1. The van der Waals surface area contributed by atoms with Crippen molar-refractivity contribution < 1.29 is 9.47 Å². The highest BCUT2D eigenvalue weighted by atomic mass is 127. The summed E-state index contributed by atoms with van der Waals surface area (Å²) >= 11 is 0. The van der Waals surface area contributed by atoms with Gasteiger partial charge in [0.25, 0.3) is 0 Å². The Bertz CT molecular complexity index is 688. The number of nitrogens with zero attached hydrogens (tertiary/aromatic N) is 1. The van der Waals surface area contributed by atoms with Gasteiger partial charge in [0.15, 0.2) is 5.96 Å². The van der Waals surface area contributed by atoms with Crippen molar-refractivity contribution >= 4 is 29.9 Å². The fourth-order valence-electron chi connectivity index (χ4n) is 2.38. The van der Waals surface area contributed by atoms with Crippen molar-refractivity contribution in [2.75, 3.05) is 21.3 Å². The van der Waals surface area contributed by atoms with Crippen molar-refractivity contribution in [2.24, 2.45) is 4.99 Å². The van der Waals surface area contributed by atoms with E-state index in [9.17, 15) is 0 Å². The molecule has 0 radical (unpaired) electrons. The third kappa shape index (κ3) is 6.81. The lowest BCUT2D eigenvalue weighted by Crippen LogP contribution is -2.36. The fourth-order valence-corrected chi connectivity index (χ4v) is 2.38. The second-order valence-electron chi connectivity index (χ2n) is 5.49. The van der Waals surface area contributed by atoms with Gasteiger partial charge in [-0.2, -0.15) is 0 Å². The molecule has 2 rings (SSSR count). The third-order valence-electron chi connectivity index (χ3n) is 3.65. The highest BCUT2D eigenvalue weighted by molar-refractivity contribution is 14.0. The van der Waals surface area contributed by atoms with Crippen LogP contribution in [0.1, 0.15) is 16.7 Å². The number of benzene rings is 2. The molecule has 136 valence electrons. The smallest absolute Gasteiger partial charge is 0.191 e. The zero-order chi connectivity index (χ0) is 17.4. The van der Waals surface area contributed by atoms with Crippen LogP contribution in [-0.4, -0.2) is 27.2 Å². The average molecular weight is 455 g/mol. The Kier molecular flexibility index (Phi) is 9.12. The van der Waals surface area contributed by atoms with Gasteiger partial charge < -0.3 is 20.1 Å². The number of ether oxygens (including phenoxy) is 2. The molecular weight excluding hydrogens is 429 g/mol. The number of methoxy groups -OCH3 is 2. The molecule has 0 aliphatic carbocycles. The van der Waals surface area contributed by atoms with Crippen molar-refractivity contribution in [2.45, 2.75) is 20.0 Å². The van der Waals surface area contributed by atoms with Gasteiger partial charge in [-0.3, -0.25) is 4.99 Å². The molecule has 0 atom stereocenters. The van der Waals surface area contributed by atoms with Gasteiger partial charge in [-0.15, -0.1) is 24.0 Å². The number of hydrogen-bond donors (Lipinski definition) is 2. The molecule has 2 aromatic carbocycles. The lowest BCUT2D eigenvalue weighted by Gasteiger charge is -2.13. The monoisotopic (exact) mass is 455 g/mol. The maximum absolute atomic E-state index is 5.31. The minimum atomic E-state index is 0. The van der Waals surface area contributed by atoms with E-state index < -0.39 is 0 Å². The minimum absolute atomic E-state index is 0. The molecule has 0 unspecified atom stereocenters. The molecular formula is C19H26IN3O2. The van der Waals surface area contributed by atoms with Crippen molar-refractivity contribution in [3.63, 3.8) is 0 Å². The van der Waals surface area contributed by atoms with Gasteiger partial charge in [0.1, 0.15) is 11.5 Å². The molecule has 0 fully saturated rings. The number of nitrogens with one attached hydrogen (secondary N) is 2. The van der Waals surface area contributed by atoms with Crippen LogP contribution in [0.3, 0.4) is 0 Å². The lowest BCUT2D eigenvalue weighted by atomic mass is 10.1. The first-order valence-corrected chi connectivity index (χ1v) is 7.86. The van der Waals surface area contributed by atoms with Crippen LogP contribution in [0.25, 0.3) is 0 Å². The Labute approximate surface area is 166 Å². The summed E-state index contributed by atoms with van der Waals surface area (Å²) in [6.45, 7) is 3.43. The van der Waals surface area contributed by atoms with Crippen LogP contribution < -0.4 is 20.1 Å². The van der Waals surface area contributed by atoms with Crippen LogP contribution >= 0.6 is 24.0 Å². The third-order valence-corrected chi connectivity index (χ3v) is 3.65. The normalized spacial score (nSPS) is 10.6. The van der Waals surface area contributed by atoms with E-state index in [1.165, 1.54) is 5.56 Å². The van der Waals surface area contributed by atoms with Crippen LogP contribution in [0.4, 0.5) is 0 Å². The van der Waals surface area contributed by atoms with Gasteiger partial charge in [0.2, 0.25) is 0 Å². The van der Waals surface area contributed by atoms with E-state index >= 15 is 0 Å². The van der Waals surface area contributed by atoms with E-state index in [1.807, 2.05) is 36.4 Å². The summed E-state index contributed by atoms with van der Waals surface area (Å²) in [5.74, 6) is 2.48. The molecule has 0 saturated carbocycles. The first kappa shape index (κ1) is 21.1. The summed E-state index contributed by atoms with van der Waals surface area (Å²) < 4.78 is 10.5. The van der Waals surface area contributed by atoms with E-state index in [4.69, 9.17) is 9.47 Å². The summed E-state index contributed by atoms with van der Waals surface area (Å²) in [4.78, 5) is 4.26. The van der Waals surface area contributed by atoms with Crippen LogP contribution in [-0.2, 0) is 13.1 Å². The minimum Gasteiger partial charge on any atom is -0.497 e. The quantitative estimate of drug-likeness (QED) is 0.398. The van der Waals surface area contributed by atoms with Crippen LogP contribution in [0.15, 0.2) is 47.5 Å². The Morgan fingerprint density at radius 1 is 0.880 bits per heavy atom. The van der Waals surface area contributed by atoms with Gasteiger partial charge in [-0.1, -0.05) is 18.2 Å². The molecule has 6 heteroatoms. The first-order valence-electron chi connectivity index (χ1n) is 7.86. The maximum Gasteiger partial charge on any atom is 0.191 e. The SMILES string of the molecule is CN=C(NCc1ccc(OC)cc1)NCc1cc(C)cc(OC)c1.I. The van der Waals surface area contributed by atoms with Gasteiger partial charge >= 0.3 is 0 Å². The van der Waals surface area contributed by atoms with E-state index in [0.29, 0.717) is 13.1 Å². The van der Waals surface area contributed by atoms with Gasteiger partial charge in [0, 0.05) is 20.1 Å². The Hall–Kier alpha value is -1.96. The van der Waals surface area contributed by atoms with Crippen LogP contribution in [0.2, 0.25) is 0 Å². The van der Waals surface area contributed by atoms with Crippen molar-refractivity contribution in [3.8, 4) is 11.5 Å². The van der Waals surface area contributed by atoms with Crippen molar-refractivity contribution in [1.29, 1.82) is 0 Å². The number of rotatable bonds is 6. The molecule has 0 aliphatic heterocycles. The van der Waals surface area contributed by atoms with E-state index in [2.05, 4.69) is 28.6 Å². The summed E-state index contributed by atoms with van der Waals surface area (Å²) in [6, 6.07) is 14.1. The molecule has 0 aliphatic rings.